The molecule has 2 nitrogen and oxygen atoms in total. The van der Waals surface area contributed by atoms with Crippen LogP contribution < -0.4 is 5.32 Å². The Balaban J connectivity index is 2.23. The molecule has 0 atom stereocenters. The van der Waals surface area contributed by atoms with Gasteiger partial charge in [-0.3, -0.25) is 4.79 Å². The Morgan fingerprint density at radius 3 is 2.79 bits per heavy atom. The molecule has 2 aromatic rings. The van der Waals surface area contributed by atoms with Gasteiger partial charge in [-0.2, -0.15) is 0 Å². The van der Waals surface area contributed by atoms with E-state index in [1.807, 2.05) is 6.07 Å². The van der Waals surface area contributed by atoms with Crippen molar-refractivity contribution in [3.05, 3.63) is 63.9 Å². The number of amides is 1. The molecular weight excluding hydrogens is 333 g/mol. The maximum absolute atomic E-state index is 13.6. The molecule has 2 rings (SSSR count). The summed E-state index contributed by atoms with van der Waals surface area (Å²) in [6.07, 6.45) is 0. The van der Waals surface area contributed by atoms with Gasteiger partial charge in [0.25, 0.3) is 5.91 Å². The lowest BCUT2D eigenvalue weighted by Crippen LogP contribution is -2.13. The van der Waals surface area contributed by atoms with Crippen LogP contribution in [0, 0.1) is 5.82 Å². The highest BCUT2D eigenvalue weighted by Crippen LogP contribution is 2.18. The van der Waals surface area contributed by atoms with E-state index < -0.39 is 11.7 Å². The fourth-order valence-corrected chi connectivity index (χ4v) is 2.13. The molecule has 2 aromatic carbocycles. The predicted molar refractivity (Wildman–Crippen MR) is 78.1 cm³/mol. The quantitative estimate of drug-likeness (QED) is 0.813. The fourth-order valence-electron chi connectivity index (χ4n) is 1.60. The molecule has 0 aliphatic carbocycles. The number of rotatable bonds is 3. The van der Waals surface area contributed by atoms with Gasteiger partial charge in [-0.05, 0) is 35.9 Å². The zero-order chi connectivity index (χ0) is 13.8. The molecule has 0 heterocycles. The number of carbonyl (C=O) groups excluding carboxylic acids is 1. The molecule has 0 aliphatic heterocycles. The predicted octanol–water partition coefficient (Wildman–Crippen LogP) is 4.58. The molecule has 0 bridgehead atoms. The Hall–Kier alpha value is -1.39. The van der Waals surface area contributed by atoms with E-state index in [2.05, 4.69) is 21.2 Å². The van der Waals surface area contributed by atoms with E-state index in [9.17, 15) is 9.18 Å². The monoisotopic (exact) mass is 341 g/mol. The van der Waals surface area contributed by atoms with Crippen LogP contribution in [0.3, 0.4) is 0 Å². The molecule has 1 amide bonds. The largest absolute Gasteiger partial charge is 0.322 e. The van der Waals surface area contributed by atoms with E-state index in [4.69, 9.17) is 11.6 Å². The molecule has 1 N–H and O–H groups in total. The molecule has 0 aromatic heterocycles. The molecule has 0 saturated carbocycles. The summed E-state index contributed by atoms with van der Waals surface area (Å²) in [7, 11) is 0. The summed E-state index contributed by atoms with van der Waals surface area (Å²) in [6.45, 7) is 0. The molecule has 0 fully saturated rings. The van der Waals surface area contributed by atoms with E-state index in [1.54, 1.807) is 24.3 Å². The summed E-state index contributed by atoms with van der Waals surface area (Å²) in [5, 5.41) is 2.64. The Morgan fingerprint density at radius 1 is 1.26 bits per heavy atom. The first-order valence-corrected chi connectivity index (χ1v) is 6.84. The minimum absolute atomic E-state index is 0.00866. The molecule has 0 unspecified atom stereocenters. The molecule has 19 heavy (non-hydrogen) atoms. The van der Waals surface area contributed by atoms with Gasteiger partial charge in [0.1, 0.15) is 5.82 Å². The molecule has 5 heteroatoms. The van der Waals surface area contributed by atoms with Crippen LogP contribution in [0.25, 0.3) is 0 Å². The first kappa shape index (κ1) is 14.0. The van der Waals surface area contributed by atoms with Gasteiger partial charge in [-0.25, -0.2) is 4.39 Å². The van der Waals surface area contributed by atoms with Gasteiger partial charge in [0.05, 0.1) is 5.56 Å². The van der Waals surface area contributed by atoms with Gasteiger partial charge >= 0.3 is 0 Å². The smallest absolute Gasteiger partial charge is 0.258 e. The van der Waals surface area contributed by atoms with Gasteiger partial charge in [0.2, 0.25) is 0 Å². The first-order valence-electron chi connectivity index (χ1n) is 5.51. The minimum atomic E-state index is -0.561. The third-order valence-corrected chi connectivity index (χ3v) is 3.31. The van der Waals surface area contributed by atoms with E-state index in [-0.39, 0.29) is 5.56 Å². The van der Waals surface area contributed by atoms with Gasteiger partial charge < -0.3 is 5.32 Å². The zero-order valence-electron chi connectivity index (χ0n) is 9.79. The van der Waals surface area contributed by atoms with Crippen LogP contribution in [0.1, 0.15) is 15.9 Å². The summed E-state index contributed by atoms with van der Waals surface area (Å²) in [4.78, 5) is 12.0. The number of benzene rings is 2. The highest BCUT2D eigenvalue weighted by Gasteiger charge is 2.12. The Morgan fingerprint density at radius 2 is 2.05 bits per heavy atom. The van der Waals surface area contributed by atoms with Crippen LogP contribution in [0.4, 0.5) is 10.1 Å². The highest BCUT2D eigenvalue weighted by molar-refractivity contribution is 9.10. The maximum Gasteiger partial charge on any atom is 0.258 e. The molecule has 0 aliphatic rings. The van der Waals surface area contributed by atoms with Gasteiger partial charge in [0, 0.05) is 16.0 Å². The molecular formula is C14H10BrClFNO. The maximum atomic E-state index is 13.6. The normalized spacial score (nSPS) is 10.3. The number of anilines is 1. The number of nitrogens with one attached hydrogen (secondary N) is 1. The van der Waals surface area contributed by atoms with Crippen molar-refractivity contribution >= 4 is 39.1 Å². The second-order valence-corrected chi connectivity index (χ2v) is 5.10. The SMILES string of the molecule is O=C(Nc1cccc(CCl)c1)c1cc(Br)ccc1F. The zero-order valence-corrected chi connectivity index (χ0v) is 12.1. The lowest BCUT2D eigenvalue weighted by atomic mass is 10.2. The number of hydrogen-bond acceptors (Lipinski definition) is 1. The number of carbonyl (C=O) groups is 1. The van der Waals surface area contributed by atoms with Crippen LogP contribution in [0.5, 0.6) is 0 Å². The van der Waals surface area contributed by atoms with E-state index in [0.29, 0.717) is 16.0 Å². The highest BCUT2D eigenvalue weighted by atomic mass is 79.9. The second-order valence-electron chi connectivity index (χ2n) is 3.91. The van der Waals surface area contributed by atoms with Crippen molar-refractivity contribution in [2.45, 2.75) is 5.88 Å². The van der Waals surface area contributed by atoms with Crippen LogP contribution in [0.15, 0.2) is 46.9 Å². The van der Waals surface area contributed by atoms with Crippen LogP contribution in [0.2, 0.25) is 0 Å². The van der Waals surface area contributed by atoms with Crippen molar-refractivity contribution in [2.75, 3.05) is 5.32 Å². The summed E-state index contributed by atoms with van der Waals surface area (Å²) in [5.41, 5.74) is 1.46. The molecule has 0 radical (unpaired) electrons. The second kappa shape index (κ2) is 6.17. The summed E-state index contributed by atoms with van der Waals surface area (Å²) in [6, 6.07) is 11.3. The summed E-state index contributed by atoms with van der Waals surface area (Å²) < 4.78 is 14.2. The molecule has 0 saturated heterocycles. The van der Waals surface area contributed by atoms with Gasteiger partial charge in [-0.1, -0.05) is 28.1 Å². The van der Waals surface area contributed by atoms with Crippen LogP contribution in [-0.4, -0.2) is 5.91 Å². The van der Waals surface area contributed by atoms with Crippen molar-refractivity contribution in [2.24, 2.45) is 0 Å². The minimum Gasteiger partial charge on any atom is -0.322 e. The molecule has 0 spiro atoms. The van der Waals surface area contributed by atoms with Gasteiger partial charge in [-0.15, -0.1) is 11.6 Å². The van der Waals surface area contributed by atoms with Gasteiger partial charge in [0.15, 0.2) is 0 Å². The topological polar surface area (TPSA) is 29.1 Å². The van der Waals surface area contributed by atoms with E-state index in [0.717, 1.165) is 5.56 Å². The van der Waals surface area contributed by atoms with Crippen LogP contribution in [-0.2, 0) is 5.88 Å². The lowest BCUT2D eigenvalue weighted by molar-refractivity contribution is 0.102. The first-order chi connectivity index (χ1) is 9.10. The van der Waals surface area contributed by atoms with Crippen molar-refractivity contribution in [1.29, 1.82) is 0 Å². The standard InChI is InChI=1S/C14H10BrClFNO/c15-10-4-5-13(17)12(7-10)14(19)18-11-3-1-2-9(6-11)8-16/h1-7H,8H2,(H,18,19). The number of hydrogen-bond donors (Lipinski definition) is 1. The number of alkyl halides is 1. The Labute approximate surface area is 123 Å². The Kier molecular flexibility index (Phi) is 4.56. The van der Waals surface area contributed by atoms with E-state index >= 15 is 0 Å². The summed E-state index contributed by atoms with van der Waals surface area (Å²) >= 11 is 8.93. The average molecular weight is 343 g/mol. The fraction of sp³-hybridized carbons (Fsp3) is 0.0714. The Bertz CT molecular complexity index is 618. The lowest BCUT2D eigenvalue weighted by Gasteiger charge is -2.07. The molecule has 98 valence electrons. The van der Waals surface area contributed by atoms with Crippen molar-refractivity contribution < 1.29 is 9.18 Å². The van der Waals surface area contributed by atoms with Crippen molar-refractivity contribution in [3.63, 3.8) is 0 Å². The van der Waals surface area contributed by atoms with Crippen LogP contribution >= 0.6 is 27.5 Å². The summed E-state index contributed by atoms with van der Waals surface area (Å²) in [5.74, 6) is -0.700. The van der Waals surface area contributed by atoms with E-state index in [1.165, 1.54) is 12.1 Å². The van der Waals surface area contributed by atoms with Crippen molar-refractivity contribution in [1.82, 2.24) is 0 Å². The third-order valence-electron chi connectivity index (χ3n) is 2.51. The number of halogens is 3. The third kappa shape index (κ3) is 3.55. The average Bonchev–Trinajstić information content (AvgIpc) is 2.41. The van der Waals surface area contributed by atoms with Crippen molar-refractivity contribution in [3.8, 4) is 0 Å².